The molecule has 0 amide bonds. The zero-order valence-electron chi connectivity index (χ0n) is 12.4. The summed E-state index contributed by atoms with van der Waals surface area (Å²) in [7, 11) is -3.71. The van der Waals surface area contributed by atoms with E-state index in [0.717, 1.165) is 16.5 Å². The van der Waals surface area contributed by atoms with Gasteiger partial charge in [-0.1, -0.05) is 65.8 Å². The highest BCUT2D eigenvalue weighted by Crippen LogP contribution is 2.34. The molecule has 0 saturated carbocycles. The molecule has 5 nitrogen and oxygen atoms in total. The number of hydrogen-bond donors (Lipinski definition) is 1. The molecule has 0 spiro atoms. The standard InChI is InChI=1S/C17H13BrN2O3S/c18-15-16(14-9-5-2-6-10-14)23-19-17(15)20-24(21,22)12-11-13-7-3-1-4-8-13/h1-12H,(H,19,20)/b12-11+. The van der Waals surface area contributed by atoms with Gasteiger partial charge in [0.1, 0.15) is 4.47 Å². The molecule has 3 rings (SSSR count). The summed E-state index contributed by atoms with van der Waals surface area (Å²) in [6, 6.07) is 18.4. The van der Waals surface area contributed by atoms with Crippen molar-refractivity contribution in [3.8, 4) is 11.3 Å². The van der Waals surface area contributed by atoms with E-state index in [1.165, 1.54) is 6.08 Å². The third-order valence-electron chi connectivity index (χ3n) is 3.15. The lowest BCUT2D eigenvalue weighted by Crippen LogP contribution is -2.09. The highest BCUT2D eigenvalue weighted by atomic mass is 79.9. The minimum Gasteiger partial charge on any atom is -0.353 e. The van der Waals surface area contributed by atoms with Crippen LogP contribution < -0.4 is 4.72 Å². The highest BCUT2D eigenvalue weighted by Gasteiger charge is 2.18. The van der Waals surface area contributed by atoms with E-state index in [1.54, 1.807) is 0 Å². The number of rotatable bonds is 5. The molecule has 1 N–H and O–H groups in total. The minimum absolute atomic E-state index is 0.103. The minimum atomic E-state index is -3.71. The zero-order valence-corrected chi connectivity index (χ0v) is 14.8. The third kappa shape index (κ3) is 3.93. The number of nitrogens with one attached hydrogen (secondary N) is 1. The second kappa shape index (κ2) is 7.02. The fourth-order valence-corrected chi connectivity index (χ4v) is 3.43. The maximum absolute atomic E-state index is 12.2. The van der Waals surface area contributed by atoms with Crippen LogP contribution in [0.3, 0.4) is 0 Å². The van der Waals surface area contributed by atoms with E-state index >= 15 is 0 Å². The monoisotopic (exact) mass is 404 g/mol. The van der Waals surface area contributed by atoms with Crippen LogP contribution in [0.15, 0.2) is 75.1 Å². The Morgan fingerprint density at radius 2 is 1.62 bits per heavy atom. The largest absolute Gasteiger partial charge is 0.353 e. The quantitative estimate of drug-likeness (QED) is 0.678. The van der Waals surface area contributed by atoms with Gasteiger partial charge in [-0.3, -0.25) is 4.72 Å². The molecule has 7 heteroatoms. The third-order valence-corrected chi connectivity index (χ3v) is 4.86. The van der Waals surface area contributed by atoms with Crippen molar-refractivity contribution in [2.75, 3.05) is 4.72 Å². The normalized spacial score (nSPS) is 11.7. The molecule has 0 atom stereocenters. The van der Waals surface area contributed by atoms with Gasteiger partial charge < -0.3 is 4.52 Å². The molecule has 0 unspecified atom stereocenters. The van der Waals surface area contributed by atoms with Gasteiger partial charge in [0.25, 0.3) is 10.0 Å². The summed E-state index contributed by atoms with van der Waals surface area (Å²) >= 11 is 3.33. The van der Waals surface area contributed by atoms with Crippen LogP contribution in [0.25, 0.3) is 17.4 Å². The number of sulfonamides is 1. The molecule has 0 aliphatic heterocycles. The summed E-state index contributed by atoms with van der Waals surface area (Å²) in [4.78, 5) is 0. The summed E-state index contributed by atoms with van der Waals surface area (Å²) in [6.45, 7) is 0. The van der Waals surface area contributed by atoms with Gasteiger partial charge in [-0.05, 0) is 27.6 Å². The van der Waals surface area contributed by atoms with Crippen molar-refractivity contribution in [2.24, 2.45) is 0 Å². The Balaban J connectivity index is 1.81. The van der Waals surface area contributed by atoms with Gasteiger partial charge in [-0.15, -0.1) is 0 Å². The van der Waals surface area contributed by atoms with Crippen molar-refractivity contribution < 1.29 is 12.9 Å². The van der Waals surface area contributed by atoms with Crippen molar-refractivity contribution in [1.29, 1.82) is 0 Å². The highest BCUT2D eigenvalue weighted by molar-refractivity contribution is 9.10. The van der Waals surface area contributed by atoms with Crippen molar-refractivity contribution in [1.82, 2.24) is 5.16 Å². The molecule has 122 valence electrons. The molecule has 1 heterocycles. The van der Waals surface area contributed by atoms with Crippen molar-refractivity contribution in [2.45, 2.75) is 0 Å². The van der Waals surface area contributed by atoms with E-state index in [2.05, 4.69) is 25.8 Å². The predicted octanol–water partition coefficient (Wildman–Crippen LogP) is 4.52. The number of anilines is 1. The Bertz CT molecular complexity index is 952. The maximum Gasteiger partial charge on any atom is 0.256 e. The molecule has 1 aromatic heterocycles. The van der Waals surface area contributed by atoms with Gasteiger partial charge in [0.05, 0.1) is 5.41 Å². The Kier molecular flexibility index (Phi) is 4.82. The van der Waals surface area contributed by atoms with E-state index in [-0.39, 0.29) is 5.82 Å². The first kappa shape index (κ1) is 16.5. The Hall–Kier alpha value is -2.38. The molecule has 0 bridgehead atoms. The fraction of sp³-hybridized carbons (Fsp3) is 0. The van der Waals surface area contributed by atoms with Crippen molar-refractivity contribution in [3.05, 3.63) is 76.1 Å². The lowest BCUT2D eigenvalue weighted by molar-refractivity contribution is 0.435. The van der Waals surface area contributed by atoms with Crippen LogP contribution in [-0.2, 0) is 10.0 Å². The van der Waals surface area contributed by atoms with Gasteiger partial charge >= 0.3 is 0 Å². The van der Waals surface area contributed by atoms with E-state index in [9.17, 15) is 8.42 Å². The van der Waals surface area contributed by atoms with Crippen LogP contribution in [0.1, 0.15) is 5.56 Å². The molecule has 0 aliphatic carbocycles. The lowest BCUT2D eigenvalue weighted by atomic mass is 10.2. The lowest BCUT2D eigenvalue weighted by Gasteiger charge is -2.00. The Morgan fingerprint density at radius 1 is 1.00 bits per heavy atom. The second-order valence-corrected chi connectivity index (χ2v) is 7.26. The first-order valence-corrected chi connectivity index (χ1v) is 9.36. The summed E-state index contributed by atoms with van der Waals surface area (Å²) in [6.07, 6.45) is 1.51. The first-order valence-electron chi connectivity index (χ1n) is 7.02. The summed E-state index contributed by atoms with van der Waals surface area (Å²) in [5, 5.41) is 4.88. The van der Waals surface area contributed by atoms with Gasteiger partial charge in [-0.25, -0.2) is 8.42 Å². The van der Waals surface area contributed by atoms with Crippen LogP contribution >= 0.6 is 15.9 Å². The molecule has 3 aromatic rings. The zero-order chi connectivity index (χ0) is 17.0. The predicted molar refractivity (Wildman–Crippen MR) is 97.7 cm³/mol. The van der Waals surface area contributed by atoms with E-state index in [1.807, 2.05) is 60.7 Å². The van der Waals surface area contributed by atoms with E-state index in [0.29, 0.717) is 10.2 Å². The fourth-order valence-electron chi connectivity index (χ4n) is 2.01. The van der Waals surface area contributed by atoms with Crippen molar-refractivity contribution in [3.63, 3.8) is 0 Å². The van der Waals surface area contributed by atoms with Crippen LogP contribution in [0.4, 0.5) is 5.82 Å². The molecule has 0 saturated heterocycles. The maximum atomic E-state index is 12.2. The van der Waals surface area contributed by atoms with Gasteiger partial charge in [0, 0.05) is 5.56 Å². The molecule has 0 aliphatic rings. The van der Waals surface area contributed by atoms with E-state index < -0.39 is 10.0 Å². The number of hydrogen-bond acceptors (Lipinski definition) is 4. The molecular weight excluding hydrogens is 392 g/mol. The molecule has 2 aromatic carbocycles. The number of aromatic nitrogens is 1. The van der Waals surface area contributed by atoms with Gasteiger partial charge in [0.2, 0.25) is 0 Å². The average Bonchev–Trinajstić information content (AvgIpc) is 2.95. The van der Waals surface area contributed by atoms with E-state index in [4.69, 9.17) is 4.52 Å². The first-order chi connectivity index (χ1) is 11.6. The number of halogens is 1. The number of benzene rings is 2. The Morgan fingerprint density at radius 3 is 2.29 bits per heavy atom. The summed E-state index contributed by atoms with van der Waals surface area (Å²) in [5.74, 6) is 0.562. The summed E-state index contributed by atoms with van der Waals surface area (Å²) in [5.41, 5.74) is 1.58. The topological polar surface area (TPSA) is 72.2 Å². The summed E-state index contributed by atoms with van der Waals surface area (Å²) < 4.78 is 32.4. The number of nitrogens with zero attached hydrogens (tertiary/aromatic N) is 1. The second-order valence-electron chi connectivity index (χ2n) is 4.90. The molecular formula is C17H13BrN2O3S. The molecule has 24 heavy (non-hydrogen) atoms. The molecule has 0 fully saturated rings. The van der Waals surface area contributed by atoms with Crippen LogP contribution in [0, 0.1) is 0 Å². The van der Waals surface area contributed by atoms with Crippen molar-refractivity contribution >= 4 is 37.8 Å². The smallest absolute Gasteiger partial charge is 0.256 e. The van der Waals surface area contributed by atoms with Crippen LogP contribution in [-0.4, -0.2) is 13.6 Å². The average molecular weight is 405 g/mol. The van der Waals surface area contributed by atoms with Gasteiger partial charge in [-0.2, -0.15) is 0 Å². The van der Waals surface area contributed by atoms with Gasteiger partial charge in [0.15, 0.2) is 11.6 Å². The van der Waals surface area contributed by atoms with Crippen LogP contribution in [0.2, 0.25) is 0 Å². The van der Waals surface area contributed by atoms with Crippen LogP contribution in [0.5, 0.6) is 0 Å². The SMILES string of the molecule is O=S(=O)(/C=C/c1ccccc1)Nc1noc(-c2ccccc2)c1Br. The Labute approximate surface area is 148 Å². The molecule has 0 radical (unpaired) electrons.